The maximum absolute atomic E-state index is 11.6. The molecular weight excluding hydrogens is 276 g/mol. The van der Waals surface area contributed by atoms with E-state index in [1.807, 2.05) is 0 Å². The highest BCUT2D eigenvalue weighted by molar-refractivity contribution is 5.95. The minimum atomic E-state index is -0.517. The van der Waals surface area contributed by atoms with Crippen LogP contribution in [0.3, 0.4) is 0 Å². The summed E-state index contributed by atoms with van der Waals surface area (Å²) < 4.78 is 5.28. The first-order chi connectivity index (χ1) is 10.0. The third-order valence-corrected chi connectivity index (χ3v) is 2.78. The van der Waals surface area contributed by atoms with E-state index >= 15 is 0 Å². The Hall–Kier alpha value is -2.90. The topological polar surface area (TPSA) is 110 Å². The number of aromatic nitrogens is 1. The van der Waals surface area contributed by atoms with Gasteiger partial charge in [-0.3, -0.25) is 14.9 Å². The Labute approximate surface area is 120 Å². The molecule has 1 heterocycles. The van der Waals surface area contributed by atoms with E-state index in [2.05, 4.69) is 15.6 Å². The van der Waals surface area contributed by atoms with Crippen LogP contribution in [-0.2, 0) is 6.54 Å². The highest BCUT2D eigenvalue weighted by Crippen LogP contribution is 2.26. The number of hydrogen-bond donors (Lipinski definition) is 2. The van der Waals surface area contributed by atoms with Gasteiger partial charge in [0.25, 0.3) is 11.6 Å². The second kappa shape index (κ2) is 6.04. The third-order valence-electron chi connectivity index (χ3n) is 2.78. The number of carbonyl (C=O) groups excluding carboxylic acids is 1. The van der Waals surface area contributed by atoms with Gasteiger partial charge in [-0.05, 0) is 19.1 Å². The van der Waals surface area contributed by atoms with Crippen LogP contribution in [0, 0.1) is 17.0 Å². The van der Waals surface area contributed by atoms with Crippen LogP contribution in [0.15, 0.2) is 28.8 Å². The maximum Gasteiger partial charge on any atom is 0.292 e. The zero-order chi connectivity index (χ0) is 15.4. The Morgan fingerprint density at radius 3 is 2.81 bits per heavy atom. The quantitative estimate of drug-likeness (QED) is 0.642. The highest BCUT2D eigenvalue weighted by atomic mass is 16.6. The van der Waals surface area contributed by atoms with Gasteiger partial charge in [0.15, 0.2) is 0 Å². The summed E-state index contributed by atoms with van der Waals surface area (Å²) in [5.74, 6) is 0.743. The molecule has 1 aromatic heterocycles. The van der Waals surface area contributed by atoms with Gasteiger partial charge in [0.1, 0.15) is 11.4 Å². The second-order valence-electron chi connectivity index (χ2n) is 4.29. The number of carbonyl (C=O) groups is 1. The lowest BCUT2D eigenvalue weighted by atomic mass is 10.1. The predicted molar refractivity (Wildman–Crippen MR) is 75.1 cm³/mol. The first-order valence-corrected chi connectivity index (χ1v) is 6.17. The zero-order valence-electron chi connectivity index (χ0n) is 11.5. The Kier molecular flexibility index (Phi) is 4.17. The van der Waals surface area contributed by atoms with Gasteiger partial charge in [-0.25, -0.2) is 4.98 Å². The lowest BCUT2D eigenvalue weighted by Crippen LogP contribution is -2.18. The molecule has 2 rings (SSSR count). The number of hydrogen-bond acceptors (Lipinski definition) is 6. The van der Waals surface area contributed by atoms with E-state index in [1.54, 1.807) is 13.1 Å². The Balaban J connectivity index is 2.25. The molecule has 0 fully saturated rings. The second-order valence-corrected chi connectivity index (χ2v) is 4.29. The molecule has 21 heavy (non-hydrogen) atoms. The summed E-state index contributed by atoms with van der Waals surface area (Å²) >= 11 is 0. The monoisotopic (exact) mass is 290 g/mol. The summed E-state index contributed by atoms with van der Waals surface area (Å²) in [7, 11) is 1.49. The molecule has 0 saturated carbocycles. The number of aryl methyl sites for hydroxylation is 1. The van der Waals surface area contributed by atoms with Crippen molar-refractivity contribution in [1.29, 1.82) is 0 Å². The van der Waals surface area contributed by atoms with Gasteiger partial charge in [-0.2, -0.15) is 0 Å². The molecule has 2 N–H and O–H groups in total. The maximum atomic E-state index is 11.6. The van der Waals surface area contributed by atoms with E-state index in [4.69, 9.17) is 4.42 Å². The van der Waals surface area contributed by atoms with Crippen LogP contribution >= 0.6 is 0 Å². The SMILES string of the molecule is CNC(=O)c1ccc([N+](=O)[O-])c(NCc2ncc(C)o2)c1. The van der Waals surface area contributed by atoms with Gasteiger partial charge in [-0.1, -0.05) is 0 Å². The molecule has 0 aliphatic carbocycles. The van der Waals surface area contributed by atoms with E-state index in [0.29, 0.717) is 17.2 Å². The molecule has 110 valence electrons. The molecule has 2 aromatic rings. The van der Waals surface area contributed by atoms with E-state index in [0.717, 1.165) is 0 Å². The lowest BCUT2D eigenvalue weighted by molar-refractivity contribution is -0.384. The van der Waals surface area contributed by atoms with Crippen molar-refractivity contribution < 1.29 is 14.1 Å². The van der Waals surface area contributed by atoms with E-state index in [9.17, 15) is 14.9 Å². The minimum absolute atomic E-state index is 0.120. The van der Waals surface area contributed by atoms with Gasteiger partial charge in [-0.15, -0.1) is 0 Å². The van der Waals surface area contributed by atoms with Gasteiger partial charge in [0.05, 0.1) is 17.7 Å². The van der Waals surface area contributed by atoms with Crippen molar-refractivity contribution in [1.82, 2.24) is 10.3 Å². The average molecular weight is 290 g/mol. The summed E-state index contributed by atoms with van der Waals surface area (Å²) in [4.78, 5) is 26.1. The number of nitro benzene ring substituents is 1. The fourth-order valence-electron chi connectivity index (χ4n) is 1.78. The molecule has 1 aromatic carbocycles. The smallest absolute Gasteiger partial charge is 0.292 e. The van der Waals surface area contributed by atoms with Crippen molar-refractivity contribution in [3.05, 3.63) is 51.7 Å². The molecule has 8 nitrogen and oxygen atoms in total. The van der Waals surface area contributed by atoms with Gasteiger partial charge in [0, 0.05) is 18.7 Å². The van der Waals surface area contributed by atoms with Gasteiger partial charge < -0.3 is 15.1 Å². The largest absolute Gasteiger partial charge is 0.444 e. The summed E-state index contributed by atoms with van der Waals surface area (Å²) in [6.45, 7) is 1.94. The Morgan fingerprint density at radius 2 is 2.24 bits per heavy atom. The van der Waals surface area contributed by atoms with Crippen molar-refractivity contribution in [3.8, 4) is 0 Å². The van der Waals surface area contributed by atoms with E-state index < -0.39 is 4.92 Å². The standard InChI is InChI=1S/C13H14N4O4/c1-8-6-16-12(21-8)7-15-10-5-9(13(18)14-2)3-4-11(10)17(19)20/h3-6,15H,7H2,1-2H3,(H,14,18). The van der Waals surface area contributed by atoms with Crippen LogP contribution in [-0.4, -0.2) is 22.9 Å². The predicted octanol–water partition coefficient (Wildman–Crippen LogP) is 1.86. The van der Waals surface area contributed by atoms with E-state index in [1.165, 1.54) is 25.2 Å². The number of amides is 1. The zero-order valence-corrected chi connectivity index (χ0v) is 11.5. The fraction of sp³-hybridized carbons (Fsp3) is 0.231. The first kappa shape index (κ1) is 14.5. The van der Waals surface area contributed by atoms with Gasteiger partial charge in [0.2, 0.25) is 5.89 Å². The third kappa shape index (κ3) is 3.35. The van der Waals surface area contributed by atoms with Crippen LogP contribution in [0.1, 0.15) is 22.0 Å². The Bertz CT molecular complexity index is 681. The highest BCUT2D eigenvalue weighted by Gasteiger charge is 2.16. The number of nitro groups is 1. The molecule has 0 radical (unpaired) electrons. The number of rotatable bonds is 5. The summed E-state index contributed by atoms with van der Waals surface area (Å²) in [5, 5.41) is 16.3. The average Bonchev–Trinajstić information content (AvgIpc) is 2.89. The number of oxazole rings is 1. The molecule has 8 heteroatoms. The molecule has 0 aliphatic rings. The molecule has 0 spiro atoms. The van der Waals surface area contributed by atoms with Crippen molar-refractivity contribution in [2.24, 2.45) is 0 Å². The first-order valence-electron chi connectivity index (χ1n) is 6.17. The van der Waals surface area contributed by atoms with Crippen LogP contribution < -0.4 is 10.6 Å². The summed E-state index contributed by atoms with van der Waals surface area (Å²) in [6.07, 6.45) is 1.56. The number of nitrogens with zero attached hydrogens (tertiary/aromatic N) is 2. The molecular formula is C13H14N4O4. The molecule has 0 aliphatic heterocycles. The van der Waals surface area contributed by atoms with Crippen LogP contribution in [0.25, 0.3) is 0 Å². The molecule has 0 saturated heterocycles. The van der Waals surface area contributed by atoms with Crippen molar-refractivity contribution in [3.63, 3.8) is 0 Å². The lowest BCUT2D eigenvalue weighted by Gasteiger charge is -2.07. The molecule has 0 bridgehead atoms. The summed E-state index contributed by atoms with van der Waals surface area (Å²) in [5.41, 5.74) is 0.442. The Morgan fingerprint density at radius 1 is 1.48 bits per heavy atom. The normalized spacial score (nSPS) is 10.2. The number of anilines is 1. The molecule has 1 amide bonds. The van der Waals surface area contributed by atoms with Gasteiger partial charge >= 0.3 is 0 Å². The van der Waals surface area contributed by atoms with Crippen LogP contribution in [0.5, 0.6) is 0 Å². The molecule has 0 atom stereocenters. The van der Waals surface area contributed by atoms with Crippen molar-refractivity contribution in [2.75, 3.05) is 12.4 Å². The van der Waals surface area contributed by atoms with Crippen LogP contribution in [0.2, 0.25) is 0 Å². The summed E-state index contributed by atoms with van der Waals surface area (Å²) in [6, 6.07) is 4.11. The number of nitrogens with one attached hydrogen (secondary N) is 2. The van der Waals surface area contributed by atoms with Crippen molar-refractivity contribution in [2.45, 2.75) is 13.5 Å². The minimum Gasteiger partial charge on any atom is -0.444 e. The van der Waals surface area contributed by atoms with Crippen LogP contribution in [0.4, 0.5) is 11.4 Å². The fourth-order valence-corrected chi connectivity index (χ4v) is 1.78. The molecule has 0 unspecified atom stereocenters. The van der Waals surface area contributed by atoms with E-state index in [-0.39, 0.29) is 23.8 Å². The van der Waals surface area contributed by atoms with Crippen molar-refractivity contribution >= 4 is 17.3 Å². The number of benzene rings is 1.